The Bertz CT molecular complexity index is 512. The summed E-state index contributed by atoms with van der Waals surface area (Å²) in [5, 5.41) is 19.7. The lowest BCUT2D eigenvalue weighted by Gasteiger charge is -2.31. The molecular formula is C14H18N2O5. The molecular weight excluding hydrogens is 276 g/mol. The number of carbonyl (C=O) groups excluding carboxylic acids is 1. The molecule has 0 saturated carbocycles. The van der Waals surface area contributed by atoms with E-state index in [1.54, 1.807) is 17.0 Å². The van der Waals surface area contributed by atoms with Crippen LogP contribution in [0.1, 0.15) is 23.2 Å². The quantitative estimate of drug-likeness (QED) is 0.651. The van der Waals surface area contributed by atoms with Gasteiger partial charge in [-0.3, -0.25) is 14.9 Å². The SMILES string of the molecule is O=C(c1ccccc1[N+](=O)[O-])N1CCC(OCCO)CC1. The van der Waals surface area contributed by atoms with E-state index in [-0.39, 0.29) is 29.9 Å². The molecule has 0 atom stereocenters. The van der Waals surface area contributed by atoms with E-state index in [4.69, 9.17) is 9.84 Å². The molecule has 7 nitrogen and oxygen atoms in total. The van der Waals surface area contributed by atoms with Gasteiger partial charge < -0.3 is 14.7 Å². The molecule has 0 aromatic heterocycles. The van der Waals surface area contributed by atoms with Crippen LogP contribution in [0.3, 0.4) is 0 Å². The number of piperidine rings is 1. The summed E-state index contributed by atoms with van der Waals surface area (Å²) >= 11 is 0. The third-order valence-corrected chi connectivity index (χ3v) is 3.51. The van der Waals surface area contributed by atoms with Gasteiger partial charge in [0, 0.05) is 19.2 Å². The fourth-order valence-electron chi connectivity index (χ4n) is 2.43. The van der Waals surface area contributed by atoms with E-state index >= 15 is 0 Å². The lowest BCUT2D eigenvalue weighted by molar-refractivity contribution is -0.385. The van der Waals surface area contributed by atoms with Crippen molar-refractivity contribution in [2.24, 2.45) is 0 Å². The number of nitrogens with zero attached hydrogens (tertiary/aromatic N) is 2. The van der Waals surface area contributed by atoms with Crippen molar-refractivity contribution in [3.05, 3.63) is 39.9 Å². The molecule has 1 amide bonds. The second kappa shape index (κ2) is 7.14. The van der Waals surface area contributed by atoms with Gasteiger partial charge in [-0.25, -0.2) is 0 Å². The van der Waals surface area contributed by atoms with Crippen molar-refractivity contribution in [1.29, 1.82) is 0 Å². The number of hydrogen-bond acceptors (Lipinski definition) is 5. The van der Waals surface area contributed by atoms with E-state index in [0.29, 0.717) is 32.5 Å². The van der Waals surface area contributed by atoms with Gasteiger partial charge in [0.15, 0.2) is 0 Å². The van der Waals surface area contributed by atoms with Crippen molar-refractivity contribution in [1.82, 2.24) is 4.90 Å². The summed E-state index contributed by atoms with van der Waals surface area (Å²) in [6.45, 7) is 1.28. The maximum absolute atomic E-state index is 12.4. The zero-order valence-corrected chi connectivity index (χ0v) is 11.6. The topological polar surface area (TPSA) is 92.9 Å². The third kappa shape index (κ3) is 3.77. The van der Waals surface area contributed by atoms with Gasteiger partial charge in [0.2, 0.25) is 0 Å². The molecule has 1 aliphatic rings. The largest absolute Gasteiger partial charge is 0.394 e. The summed E-state index contributed by atoms with van der Waals surface area (Å²) in [4.78, 5) is 24.4. The molecule has 1 saturated heterocycles. The normalized spacial score (nSPS) is 16.0. The fraction of sp³-hybridized carbons (Fsp3) is 0.500. The van der Waals surface area contributed by atoms with Crippen molar-refractivity contribution < 1.29 is 19.6 Å². The Balaban J connectivity index is 2.01. The smallest absolute Gasteiger partial charge is 0.282 e. The average Bonchev–Trinajstić information content (AvgIpc) is 2.52. The van der Waals surface area contributed by atoms with Gasteiger partial charge in [0.05, 0.1) is 24.2 Å². The molecule has 0 unspecified atom stereocenters. The summed E-state index contributed by atoms with van der Waals surface area (Å²) in [5.74, 6) is -0.317. The number of nitro benzene ring substituents is 1. The zero-order valence-electron chi connectivity index (χ0n) is 11.6. The van der Waals surface area contributed by atoms with Crippen molar-refractivity contribution >= 4 is 11.6 Å². The Morgan fingerprint density at radius 1 is 1.38 bits per heavy atom. The van der Waals surface area contributed by atoms with Crippen molar-refractivity contribution in [3.8, 4) is 0 Å². The number of para-hydroxylation sites is 1. The van der Waals surface area contributed by atoms with Crippen LogP contribution in [-0.4, -0.2) is 53.2 Å². The van der Waals surface area contributed by atoms with E-state index in [1.165, 1.54) is 12.1 Å². The van der Waals surface area contributed by atoms with Crippen LogP contribution in [0.25, 0.3) is 0 Å². The molecule has 0 aliphatic carbocycles. The van der Waals surface area contributed by atoms with Gasteiger partial charge in [0.25, 0.3) is 11.6 Å². The van der Waals surface area contributed by atoms with Crippen LogP contribution in [0.15, 0.2) is 24.3 Å². The highest BCUT2D eigenvalue weighted by atomic mass is 16.6. The van der Waals surface area contributed by atoms with Gasteiger partial charge in [-0.15, -0.1) is 0 Å². The molecule has 1 fully saturated rings. The maximum Gasteiger partial charge on any atom is 0.282 e. The van der Waals surface area contributed by atoms with Crippen LogP contribution < -0.4 is 0 Å². The molecule has 114 valence electrons. The number of likely N-dealkylation sites (tertiary alicyclic amines) is 1. The van der Waals surface area contributed by atoms with E-state index in [9.17, 15) is 14.9 Å². The fourth-order valence-corrected chi connectivity index (χ4v) is 2.43. The van der Waals surface area contributed by atoms with Crippen molar-refractivity contribution in [3.63, 3.8) is 0 Å². The monoisotopic (exact) mass is 294 g/mol. The molecule has 2 rings (SSSR count). The zero-order chi connectivity index (χ0) is 15.2. The average molecular weight is 294 g/mol. The second-order valence-corrected chi connectivity index (χ2v) is 4.86. The van der Waals surface area contributed by atoms with Crippen LogP contribution in [0, 0.1) is 10.1 Å². The molecule has 0 bridgehead atoms. The highest BCUT2D eigenvalue weighted by Gasteiger charge is 2.28. The van der Waals surface area contributed by atoms with Crippen molar-refractivity contribution in [2.75, 3.05) is 26.3 Å². The number of rotatable bonds is 5. The van der Waals surface area contributed by atoms with Crippen molar-refractivity contribution in [2.45, 2.75) is 18.9 Å². The number of nitro groups is 1. The van der Waals surface area contributed by atoms with E-state index < -0.39 is 4.92 Å². The summed E-state index contributed by atoms with van der Waals surface area (Å²) in [7, 11) is 0. The van der Waals surface area contributed by atoms with Gasteiger partial charge in [-0.2, -0.15) is 0 Å². The van der Waals surface area contributed by atoms with E-state index in [1.807, 2.05) is 0 Å². The molecule has 0 spiro atoms. The Hall–Kier alpha value is -1.99. The lowest BCUT2D eigenvalue weighted by atomic mass is 10.1. The Kier molecular flexibility index (Phi) is 5.24. The molecule has 7 heteroatoms. The minimum atomic E-state index is -0.537. The minimum Gasteiger partial charge on any atom is -0.394 e. The number of benzene rings is 1. The highest BCUT2D eigenvalue weighted by molar-refractivity contribution is 5.98. The first-order chi connectivity index (χ1) is 10.1. The molecule has 1 aromatic rings. The molecule has 1 aliphatic heterocycles. The number of hydrogen-bond donors (Lipinski definition) is 1. The Morgan fingerprint density at radius 3 is 2.67 bits per heavy atom. The van der Waals surface area contributed by atoms with Gasteiger partial charge in [0.1, 0.15) is 5.56 Å². The third-order valence-electron chi connectivity index (χ3n) is 3.51. The summed E-state index contributed by atoms with van der Waals surface area (Å²) in [6, 6.07) is 5.99. The van der Waals surface area contributed by atoms with Crippen LogP contribution in [0.2, 0.25) is 0 Å². The summed E-state index contributed by atoms with van der Waals surface area (Å²) in [5.41, 5.74) is -0.0432. The van der Waals surface area contributed by atoms with Crippen LogP contribution >= 0.6 is 0 Å². The molecule has 1 N–H and O–H groups in total. The molecule has 21 heavy (non-hydrogen) atoms. The molecule has 0 radical (unpaired) electrons. The van der Waals surface area contributed by atoms with Gasteiger partial charge in [-0.05, 0) is 18.9 Å². The predicted molar refractivity (Wildman–Crippen MR) is 75.1 cm³/mol. The predicted octanol–water partition coefficient (Wildman–Crippen LogP) is 1.21. The first kappa shape index (κ1) is 15.4. The number of aliphatic hydroxyl groups is 1. The second-order valence-electron chi connectivity index (χ2n) is 4.86. The maximum atomic E-state index is 12.4. The first-order valence-electron chi connectivity index (χ1n) is 6.88. The Morgan fingerprint density at radius 2 is 2.05 bits per heavy atom. The first-order valence-corrected chi connectivity index (χ1v) is 6.88. The standard InChI is InChI=1S/C14H18N2O5/c17-9-10-21-11-5-7-15(8-6-11)14(18)12-3-1-2-4-13(12)16(19)20/h1-4,11,17H,5-10H2. The number of amides is 1. The van der Waals surface area contributed by atoms with E-state index in [2.05, 4.69) is 0 Å². The number of ether oxygens (including phenoxy) is 1. The van der Waals surface area contributed by atoms with Crippen LogP contribution in [0.4, 0.5) is 5.69 Å². The molecule has 1 heterocycles. The van der Waals surface area contributed by atoms with Gasteiger partial charge >= 0.3 is 0 Å². The summed E-state index contributed by atoms with van der Waals surface area (Å²) in [6.07, 6.45) is 1.38. The minimum absolute atomic E-state index is 0.0185. The van der Waals surface area contributed by atoms with Gasteiger partial charge in [-0.1, -0.05) is 12.1 Å². The van der Waals surface area contributed by atoms with Crippen LogP contribution in [0.5, 0.6) is 0 Å². The highest BCUT2D eigenvalue weighted by Crippen LogP contribution is 2.22. The number of aliphatic hydroxyl groups excluding tert-OH is 1. The Labute approximate surface area is 122 Å². The summed E-state index contributed by atoms with van der Waals surface area (Å²) < 4.78 is 5.43. The molecule has 1 aromatic carbocycles. The number of carbonyl (C=O) groups is 1. The lowest BCUT2D eigenvalue weighted by Crippen LogP contribution is -2.41. The van der Waals surface area contributed by atoms with E-state index in [0.717, 1.165) is 0 Å². The van der Waals surface area contributed by atoms with Crippen LogP contribution in [-0.2, 0) is 4.74 Å².